The van der Waals surface area contributed by atoms with Crippen molar-refractivity contribution in [3.05, 3.63) is 71.7 Å². The number of carbonyl (C=O) groups is 1. The highest BCUT2D eigenvalue weighted by molar-refractivity contribution is 6.28. The highest BCUT2D eigenvalue weighted by Gasteiger charge is 2.44. The number of anilines is 1. The van der Waals surface area contributed by atoms with Gasteiger partial charge in [-0.15, -0.1) is 6.42 Å². The molecule has 6 rings (SSSR count). The fraction of sp³-hybridized carbons (Fsp3) is 0.241. The summed E-state index contributed by atoms with van der Waals surface area (Å²) in [6.45, 7) is 4.67. The molecular weight excluding hydrogens is 524 g/mol. The molecule has 2 aromatic heterocycles. The van der Waals surface area contributed by atoms with Gasteiger partial charge in [0, 0.05) is 30.2 Å². The van der Waals surface area contributed by atoms with E-state index in [0.29, 0.717) is 40.6 Å². The van der Waals surface area contributed by atoms with Crippen LogP contribution in [0.1, 0.15) is 18.4 Å². The molecule has 2 aromatic carbocycles. The second-order valence-electron chi connectivity index (χ2n) is 9.53. The van der Waals surface area contributed by atoms with Crippen molar-refractivity contribution < 1.29 is 18.3 Å². The first-order valence-electron chi connectivity index (χ1n) is 12.4. The first kappa shape index (κ1) is 25.0. The van der Waals surface area contributed by atoms with E-state index in [9.17, 15) is 9.18 Å². The Labute approximate surface area is 228 Å². The lowest BCUT2D eigenvalue weighted by atomic mass is 9.96. The van der Waals surface area contributed by atoms with Gasteiger partial charge in [-0.1, -0.05) is 42.8 Å². The molecule has 7 nitrogen and oxygen atoms in total. The van der Waals surface area contributed by atoms with Gasteiger partial charge in [0.2, 0.25) is 5.28 Å². The van der Waals surface area contributed by atoms with Crippen LogP contribution < -0.4 is 4.90 Å². The number of pyridine rings is 1. The number of hydrogen-bond donors (Lipinski definition) is 0. The molecule has 196 valence electrons. The second-order valence-corrected chi connectivity index (χ2v) is 9.87. The predicted molar refractivity (Wildman–Crippen MR) is 146 cm³/mol. The number of nitrogens with zero attached hydrogens (tertiary/aromatic N) is 5. The van der Waals surface area contributed by atoms with Gasteiger partial charge < -0.3 is 9.64 Å². The molecule has 2 fully saturated rings. The molecule has 1 amide bonds. The zero-order valence-corrected chi connectivity index (χ0v) is 21.5. The first-order chi connectivity index (χ1) is 18.9. The van der Waals surface area contributed by atoms with E-state index in [0.717, 1.165) is 12.8 Å². The zero-order valence-electron chi connectivity index (χ0n) is 20.7. The Kier molecular flexibility index (Phi) is 6.28. The maximum atomic E-state index is 16.1. The number of carbonyl (C=O) groups excluding carboxylic acids is 1. The van der Waals surface area contributed by atoms with Gasteiger partial charge in [0.1, 0.15) is 29.5 Å². The SMILES string of the molecule is C#Cc1c(F)ccc2cccc(-c3ncc4c(N5C[C@H]6CC[C@@H](C5)N6C(=O)OCC=C)nc(Cl)nc4c3F)c12. The molecule has 0 unspecified atom stereocenters. The standard InChI is InChI=1S/C29H22ClF2N5O2/c1-3-12-39-29(38)37-17-9-10-18(37)15-36(14-17)27-21-13-33-25(24(32)26(21)34-28(30)35-27)20-7-5-6-16-8-11-22(31)19(4-2)23(16)20/h2-3,5-8,11,13,17-18H,1,9-10,12,14-15H2/t17-,18+. The lowest BCUT2D eigenvalue weighted by Gasteiger charge is -2.41. The van der Waals surface area contributed by atoms with Gasteiger partial charge in [-0.25, -0.2) is 18.6 Å². The summed E-state index contributed by atoms with van der Waals surface area (Å²) in [6, 6.07) is 7.85. The van der Waals surface area contributed by atoms with Crippen LogP contribution in [0.4, 0.5) is 19.4 Å². The van der Waals surface area contributed by atoms with Crippen molar-refractivity contribution >= 4 is 45.2 Å². The molecule has 2 atom stereocenters. The average Bonchev–Trinajstić information content (AvgIpc) is 3.20. The molecule has 10 heteroatoms. The summed E-state index contributed by atoms with van der Waals surface area (Å²) in [5, 5.41) is 1.31. The maximum Gasteiger partial charge on any atom is 0.410 e. The summed E-state index contributed by atoms with van der Waals surface area (Å²) in [4.78, 5) is 29.4. The van der Waals surface area contributed by atoms with Crippen LogP contribution in [-0.2, 0) is 4.74 Å². The number of terminal acetylenes is 1. The van der Waals surface area contributed by atoms with Crippen molar-refractivity contribution in [1.29, 1.82) is 0 Å². The Bertz CT molecular complexity index is 1690. The number of amides is 1. The summed E-state index contributed by atoms with van der Waals surface area (Å²) in [5.74, 6) is 1.53. The van der Waals surface area contributed by atoms with Crippen molar-refractivity contribution in [2.45, 2.75) is 24.9 Å². The van der Waals surface area contributed by atoms with Gasteiger partial charge in [0.25, 0.3) is 0 Å². The summed E-state index contributed by atoms with van der Waals surface area (Å²) in [6.07, 6.45) is 9.89. The predicted octanol–water partition coefficient (Wildman–Crippen LogP) is 5.73. The lowest BCUT2D eigenvalue weighted by Crippen LogP contribution is -2.56. The molecule has 0 aliphatic carbocycles. The largest absolute Gasteiger partial charge is 0.445 e. The van der Waals surface area contributed by atoms with Crippen molar-refractivity contribution in [2.75, 3.05) is 24.6 Å². The highest BCUT2D eigenvalue weighted by atomic mass is 35.5. The zero-order chi connectivity index (χ0) is 27.3. The van der Waals surface area contributed by atoms with Gasteiger partial charge in [-0.2, -0.15) is 4.98 Å². The fourth-order valence-electron chi connectivity index (χ4n) is 5.71. The van der Waals surface area contributed by atoms with Crippen LogP contribution in [0.5, 0.6) is 0 Å². The molecule has 2 aliphatic heterocycles. The van der Waals surface area contributed by atoms with Gasteiger partial charge >= 0.3 is 6.09 Å². The average molecular weight is 546 g/mol. The van der Waals surface area contributed by atoms with Crippen molar-refractivity contribution in [3.63, 3.8) is 0 Å². The topological polar surface area (TPSA) is 71.5 Å². The Balaban J connectivity index is 1.43. The van der Waals surface area contributed by atoms with E-state index >= 15 is 4.39 Å². The number of benzene rings is 2. The number of aromatic nitrogens is 3. The third-order valence-corrected chi connectivity index (χ3v) is 7.52. The lowest BCUT2D eigenvalue weighted by molar-refractivity contribution is 0.0868. The van der Waals surface area contributed by atoms with Crippen molar-refractivity contribution in [1.82, 2.24) is 19.9 Å². The van der Waals surface area contributed by atoms with Gasteiger partial charge in [0.05, 0.1) is 23.0 Å². The van der Waals surface area contributed by atoms with Gasteiger partial charge in [-0.3, -0.25) is 9.88 Å². The van der Waals surface area contributed by atoms with Gasteiger partial charge in [-0.05, 0) is 35.9 Å². The Hall–Kier alpha value is -4.29. The molecule has 0 saturated carbocycles. The minimum Gasteiger partial charge on any atom is -0.445 e. The number of hydrogen-bond acceptors (Lipinski definition) is 6. The number of rotatable bonds is 4. The Morgan fingerprint density at radius 2 is 1.97 bits per heavy atom. The van der Waals surface area contributed by atoms with Crippen LogP contribution in [-0.4, -0.2) is 57.7 Å². The number of piperazine rings is 1. The van der Waals surface area contributed by atoms with E-state index in [1.807, 2.05) is 4.90 Å². The molecule has 2 bridgehead atoms. The van der Waals surface area contributed by atoms with Crippen molar-refractivity contribution in [2.24, 2.45) is 0 Å². The second kappa shape index (κ2) is 9.79. The third-order valence-electron chi connectivity index (χ3n) is 7.35. The quantitative estimate of drug-likeness (QED) is 0.185. The van der Waals surface area contributed by atoms with E-state index < -0.39 is 11.6 Å². The molecule has 4 heterocycles. The van der Waals surface area contributed by atoms with E-state index in [4.69, 9.17) is 22.8 Å². The maximum absolute atomic E-state index is 16.1. The fourth-order valence-corrected chi connectivity index (χ4v) is 5.88. The number of ether oxygens (including phenoxy) is 1. The van der Waals surface area contributed by atoms with E-state index in [1.165, 1.54) is 18.3 Å². The third kappa shape index (κ3) is 4.12. The monoisotopic (exact) mass is 545 g/mol. The molecule has 0 radical (unpaired) electrons. The van der Waals surface area contributed by atoms with Crippen LogP contribution >= 0.6 is 11.6 Å². The number of halogens is 3. The molecule has 0 spiro atoms. The smallest absolute Gasteiger partial charge is 0.410 e. The normalized spacial score (nSPS) is 18.4. The molecule has 2 aliphatic rings. The van der Waals surface area contributed by atoms with Crippen LogP contribution in [0.3, 0.4) is 0 Å². The summed E-state index contributed by atoms with van der Waals surface area (Å²) in [5.41, 5.74) is 0.350. The molecule has 2 saturated heterocycles. The first-order valence-corrected chi connectivity index (χ1v) is 12.8. The Morgan fingerprint density at radius 1 is 1.21 bits per heavy atom. The van der Waals surface area contributed by atoms with Crippen LogP contribution in [0, 0.1) is 24.0 Å². The Morgan fingerprint density at radius 3 is 2.69 bits per heavy atom. The van der Waals surface area contributed by atoms with E-state index in [2.05, 4.69) is 27.5 Å². The van der Waals surface area contributed by atoms with Crippen molar-refractivity contribution in [3.8, 4) is 23.6 Å². The highest BCUT2D eigenvalue weighted by Crippen LogP contribution is 2.38. The van der Waals surface area contributed by atoms with Gasteiger partial charge in [0.15, 0.2) is 5.82 Å². The molecule has 0 N–H and O–H groups in total. The van der Waals surface area contributed by atoms with Crippen LogP contribution in [0.25, 0.3) is 32.9 Å². The summed E-state index contributed by atoms with van der Waals surface area (Å²) in [7, 11) is 0. The van der Waals surface area contributed by atoms with E-state index in [-0.39, 0.29) is 46.8 Å². The minimum atomic E-state index is -0.715. The van der Waals surface area contributed by atoms with Crippen LogP contribution in [0.15, 0.2) is 49.2 Å². The van der Waals surface area contributed by atoms with E-state index in [1.54, 1.807) is 29.2 Å². The summed E-state index contributed by atoms with van der Waals surface area (Å²) >= 11 is 6.30. The molecular formula is C29H22ClF2N5O2. The number of fused-ring (bicyclic) bond motifs is 4. The minimum absolute atomic E-state index is 0.00849. The molecule has 4 aromatic rings. The summed E-state index contributed by atoms with van der Waals surface area (Å²) < 4.78 is 36.0. The molecule has 39 heavy (non-hydrogen) atoms. The van der Waals surface area contributed by atoms with Crippen LogP contribution in [0.2, 0.25) is 5.28 Å².